The normalized spacial score (nSPS) is 12.4. The van der Waals surface area contributed by atoms with E-state index in [4.69, 9.17) is 10.5 Å². The van der Waals surface area contributed by atoms with Crippen molar-refractivity contribution in [3.8, 4) is 5.75 Å². The minimum atomic E-state index is -0.295. The van der Waals surface area contributed by atoms with Crippen LogP contribution < -0.4 is 10.5 Å². The Morgan fingerprint density at radius 2 is 2.12 bits per heavy atom. The van der Waals surface area contributed by atoms with Crippen LogP contribution in [-0.2, 0) is 6.61 Å². The second-order valence-electron chi connectivity index (χ2n) is 3.67. The fraction of sp³-hybridized carbons (Fsp3) is 0.273. The Morgan fingerprint density at radius 3 is 2.71 bits per heavy atom. The van der Waals surface area contributed by atoms with Crippen molar-refractivity contribution in [3.63, 3.8) is 0 Å². The summed E-state index contributed by atoms with van der Waals surface area (Å²) in [4.78, 5) is 4.15. The number of halogens is 1. The summed E-state index contributed by atoms with van der Waals surface area (Å²) < 4.78 is 18.0. The number of hydrogen-bond donors (Lipinski definition) is 2. The Hall–Kier alpha value is -1.95. The maximum absolute atomic E-state index is 12.6. The summed E-state index contributed by atoms with van der Waals surface area (Å²) >= 11 is 0. The number of ether oxygens (including phenoxy) is 1. The van der Waals surface area contributed by atoms with Crippen molar-refractivity contribution >= 4 is 0 Å². The molecule has 0 amide bonds. The van der Waals surface area contributed by atoms with Crippen LogP contribution in [0.1, 0.15) is 24.6 Å². The molecule has 1 aromatic carbocycles. The molecule has 90 valence electrons. The van der Waals surface area contributed by atoms with Crippen LogP contribution >= 0.6 is 0 Å². The highest BCUT2D eigenvalue weighted by Gasteiger charge is 2.07. The molecule has 2 rings (SSSR count). The third-order valence-corrected chi connectivity index (χ3v) is 2.15. The highest BCUT2D eigenvalue weighted by atomic mass is 19.1. The van der Waals surface area contributed by atoms with E-state index in [1.807, 2.05) is 0 Å². The minimum Gasteiger partial charge on any atom is -0.486 e. The maximum Gasteiger partial charge on any atom is 0.167 e. The van der Waals surface area contributed by atoms with Crippen molar-refractivity contribution in [2.24, 2.45) is 5.73 Å². The van der Waals surface area contributed by atoms with Gasteiger partial charge in [-0.1, -0.05) is 0 Å². The smallest absolute Gasteiger partial charge is 0.167 e. The van der Waals surface area contributed by atoms with E-state index in [0.717, 1.165) is 0 Å². The summed E-state index contributed by atoms with van der Waals surface area (Å²) in [6.45, 7) is 2.04. The molecule has 1 atom stereocenters. The number of aromatic amines is 1. The number of benzene rings is 1. The molecular formula is C11H13FN4O. The predicted octanol–water partition coefficient (Wildman–Crippen LogP) is 1.54. The molecule has 0 saturated heterocycles. The lowest BCUT2D eigenvalue weighted by Gasteiger charge is -2.02. The van der Waals surface area contributed by atoms with E-state index < -0.39 is 0 Å². The molecule has 6 heteroatoms. The first-order valence-electron chi connectivity index (χ1n) is 5.20. The second kappa shape index (κ2) is 4.92. The first-order valence-corrected chi connectivity index (χ1v) is 5.20. The molecule has 17 heavy (non-hydrogen) atoms. The molecule has 0 fully saturated rings. The lowest BCUT2D eigenvalue weighted by atomic mass is 10.3. The minimum absolute atomic E-state index is 0.217. The van der Waals surface area contributed by atoms with E-state index in [0.29, 0.717) is 17.4 Å². The highest BCUT2D eigenvalue weighted by Crippen LogP contribution is 2.12. The first-order chi connectivity index (χ1) is 8.15. The molecule has 0 aliphatic rings. The van der Waals surface area contributed by atoms with E-state index in [1.54, 1.807) is 19.1 Å². The van der Waals surface area contributed by atoms with Gasteiger partial charge in [-0.3, -0.25) is 5.10 Å². The van der Waals surface area contributed by atoms with Gasteiger partial charge in [-0.05, 0) is 31.2 Å². The van der Waals surface area contributed by atoms with Gasteiger partial charge >= 0.3 is 0 Å². The standard InChI is InChI=1S/C11H13FN4O/c1-7(13)11-14-10(15-16-11)6-17-9-4-2-8(12)3-5-9/h2-5,7H,6,13H2,1H3,(H,14,15,16)/t7-/m0/s1. The molecule has 1 heterocycles. The number of aromatic nitrogens is 3. The van der Waals surface area contributed by atoms with Gasteiger partial charge in [0, 0.05) is 0 Å². The van der Waals surface area contributed by atoms with E-state index in [9.17, 15) is 4.39 Å². The number of nitrogens with zero attached hydrogens (tertiary/aromatic N) is 2. The Kier molecular flexibility index (Phi) is 3.34. The number of H-pyrrole nitrogens is 1. The molecule has 0 spiro atoms. The van der Waals surface area contributed by atoms with Gasteiger partial charge in [0.05, 0.1) is 6.04 Å². The molecule has 0 radical (unpaired) electrons. The van der Waals surface area contributed by atoms with Crippen molar-refractivity contribution in [2.75, 3.05) is 0 Å². The summed E-state index contributed by atoms with van der Waals surface area (Å²) in [6, 6.07) is 5.56. The number of nitrogens with two attached hydrogens (primary N) is 1. The molecule has 0 bridgehead atoms. The van der Waals surface area contributed by atoms with Crippen molar-refractivity contribution < 1.29 is 9.13 Å². The molecule has 2 aromatic rings. The highest BCUT2D eigenvalue weighted by molar-refractivity contribution is 5.22. The topological polar surface area (TPSA) is 76.8 Å². The average Bonchev–Trinajstić information content (AvgIpc) is 2.77. The SMILES string of the molecule is C[C@H](N)c1n[nH]c(COc2ccc(F)cc2)n1. The Labute approximate surface area is 97.8 Å². The third-order valence-electron chi connectivity index (χ3n) is 2.15. The monoisotopic (exact) mass is 236 g/mol. The Bertz CT molecular complexity index is 480. The first kappa shape index (κ1) is 11.5. The van der Waals surface area contributed by atoms with Crippen molar-refractivity contribution in [1.29, 1.82) is 0 Å². The van der Waals surface area contributed by atoms with E-state index in [2.05, 4.69) is 15.2 Å². The van der Waals surface area contributed by atoms with E-state index in [1.165, 1.54) is 12.1 Å². The molecule has 0 aliphatic carbocycles. The van der Waals surface area contributed by atoms with Gasteiger partial charge in [-0.2, -0.15) is 5.10 Å². The number of rotatable bonds is 4. The van der Waals surface area contributed by atoms with Crippen LogP contribution in [0.25, 0.3) is 0 Å². The quantitative estimate of drug-likeness (QED) is 0.844. The summed E-state index contributed by atoms with van der Waals surface area (Å²) in [6.07, 6.45) is 0. The van der Waals surface area contributed by atoms with Gasteiger partial charge in [0.2, 0.25) is 0 Å². The van der Waals surface area contributed by atoms with Crippen molar-refractivity contribution in [3.05, 3.63) is 41.7 Å². The molecule has 3 N–H and O–H groups in total. The fourth-order valence-electron chi connectivity index (χ4n) is 1.26. The van der Waals surface area contributed by atoms with Crippen molar-refractivity contribution in [2.45, 2.75) is 19.6 Å². The van der Waals surface area contributed by atoms with E-state index in [-0.39, 0.29) is 18.5 Å². The Morgan fingerprint density at radius 1 is 1.41 bits per heavy atom. The largest absolute Gasteiger partial charge is 0.486 e. The number of hydrogen-bond acceptors (Lipinski definition) is 4. The fourth-order valence-corrected chi connectivity index (χ4v) is 1.26. The van der Waals surface area contributed by atoms with Crippen LogP contribution in [0.4, 0.5) is 4.39 Å². The van der Waals surface area contributed by atoms with Crippen LogP contribution in [0, 0.1) is 5.82 Å². The molecule has 1 aromatic heterocycles. The van der Waals surface area contributed by atoms with Gasteiger partial charge in [-0.15, -0.1) is 0 Å². The van der Waals surface area contributed by atoms with E-state index >= 15 is 0 Å². The maximum atomic E-state index is 12.6. The Balaban J connectivity index is 1.95. The van der Waals surface area contributed by atoms with Gasteiger partial charge < -0.3 is 10.5 Å². The summed E-state index contributed by atoms with van der Waals surface area (Å²) in [7, 11) is 0. The predicted molar refractivity (Wildman–Crippen MR) is 59.7 cm³/mol. The summed E-state index contributed by atoms with van der Waals surface area (Å²) in [5.41, 5.74) is 5.62. The summed E-state index contributed by atoms with van der Waals surface area (Å²) in [5, 5.41) is 6.67. The van der Waals surface area contributed by atoms with Gasteiger partial charge in [0.1, 0.15) is 18.2 Å². The van der Waals surface area contributed by atoms with Gasteiger partial charge in [0.25, 0.3) is 0 Å². The lowest BCUT2D eigenvalue weighted by molar-refractivity contribution is 0.296. The van der Waals surface area contributed by atoms with Gasteiger partial charge in [-0.25, -0.2) is 9.37 Å². The zero-order valence-electron chi connectivity index (χ0n) is 9.35. The molecular weight excluding hydrogens is 223 g/mol. The zero-order valence-corrected chi connectivity index (χ0v) is 9.35. The number of nitrogens with one attached hydrogen (secondary N) is 1. The summed E-state index contributed by atoms with van der Waals surface area (Å²) in [5.74, 6) is 1.41. The molecule has 5 nitrogen and oxygen atoms in total. The van der Waals surface area contributed by atoms with Crippen molar-refractivity contribution in [1.82, 2.24) is 15.2 Å². The molecule has 0 saturated carbocycles. The lowest BCUT2D eigenvalue weighted by Crippen LogP contribution is -2.07. The van der Waals surface area contributed by atoms with Crippen LogP contribution in [0.3, 0.4) is 0 Å². The van der Waals surface area contributed by atoms with Crippen LogP contribution in [0.2, 0.25) is 0 Å². The van der Waals surface area contributed by atoms with Crippen LogP contribution in [-0.4, -0.2) is 15.2 Å². The molecule has 0 aliphatic heterocycles. The third kappa shape index (κ3) is 3.01. The van der Waals surface area contributed by atoms with Crippen LogP contribution in [0.5, 0.6) is 5.75 Å². The van der Waals surface area contributed by atoms with Crippen LogP contribution in [0.15, 0.2) is 24.3 Å². The zero-order chi connectivity index (χ0) is 12.3. The van der Waals surface area contributed by atoms with Gasteiger partial charge in [0.15, 0.2) is 11.6 Å². The second-order valence-corrected chi connectivity index (χ2v) is 3.67. The average molecular weight is 236 g/mol. The molecule has 0 unspecified atom stereocenters.